The van der Waals surface area contributed by atoms with Gasteiger partial charge in [-0.15, -0.1) is 0 Å². The summed E-state index contributed by atoms with van der Waals surface area (Å²) < 4.78 is 25.7. The summed E-state index contributed by atoms with van der Waals surface area (Å²) in [7, 11) is 3.04. The van der Waals surface area contributed by atoms with Gasteiger partial charge in [-0.1, -0.05) is 17.7 Å². The first-order valence-corrected chi connectivity index (χ1v) is 8.13. The van der Waals surface area contributed by atoms with Crippen molar-refractivity contribution in [2.24, 2.45) is 0 Å². The maximum atomic E-state index is 14.0. The van der Waals surface area contributed by atoms with Crippen molar-refractivity contribution in [1.82, 2.24) is 14.5 Å². The van der Waals surface area contributed by atoms with Crippen LogP contribution in [0.2, 0.25) is 5.02 Å². The van der Waals surface area contributed by atoms with Crippen molar-refractivity contribution in [3.63, 3.8) is 0 Å². The third kappa shape index (κ3) is 5.26. The second-order valence-corrected chi connectivity index (χ2v) is 5.82. The Morgan fingerprint density at radius 2 is 2.16 bits per heavy atom. The van der Waals surface area contributed by atoms with E-state index in [1.165, 1.54) is 13.2 Å². The van der Waals surface area contributed by atoms with Gasteiger partial charge in [0.1, 0.15) is 18.2 Å². The van der Waals surface area contributed by atoms with E-state index in [0.29, 0.717) is 29.6 Å². The van der Waals surface area contributed by atoms with E-state index in [4.69, 9.17) is 21.1 Å². The molecule has 0 atom stereocenters. The Morgan fingerprint density at radius 3 is 2.84 bits per heavy atom. The predicted octanol–water partition coefficient (Wildman–Crippen LogP) is 2.35. The average Bonchev–Trinajstić information content (AvgIpc) is 3.02. The van der Waals surface area contributed by atoms with Gasteiger partial charge in [0.05, 0.1) is 19.7 Å². The number of halogens is 2. The molecular weight excluding hydrogens is 349 g/mol. The predicted molar refractivity (Wildman–Crippen MR) is 91.9 cm³/mol. The van der Waals surface area contributed by atoms with Crippen molar-refractivity contribution < 1.29 is 18.7 Å². The number of hydrogen-bond acceptors (Lipinski definition) is 4. The Balaban J connectivity index is 2.17. The van der Waals surface area contributed by atoms with Crippen molar-refractivity contribution in [3.8, 4) is 0 Å². The molecule has 6 nitrogen and oxygen atoms in total. The SMILES string of the molecule is COCCN(Cc1nccn1Cc1c(F)cccc1Cl)C(=O)COC. The molecule has 0 radical (unpaired) electrons. The number of ether oxygens (including phenoxy) is 2. The summed E-state index contributed by atoms with van der Waals surface area (Å²) in [6.07, 6.45) is 3.34. The number of imidazole rings is 1. The van der Waals surface area contributed by atoms with Crippen molar-refractivity contribution >= 4 is 17.5 Å². The summed E-state index contributed by atoms with van der Waals surface area (Å²) in [6, 6.07) is 4.57. The minimum Gasteiger partial charge on any atom is -0.383 e. The fourth-order valence-corrected chi connectivity index (χ4v) is 2.59. The number of carbonyl (C=O) groups excluding carboxylic acids is 1. The van der Waals surface area contributed by atoms with E-state index in [9.17, 15) is 9.18 Å². The molecule has 25 heavy (non-hydrogen) atoms. The van der Waals surface area contributed by atoms with Gasteiger partial charge in [-0.3, -0.25) is 4.79 Å². The van der Waals surface area contributed by atoms with Gasteiger partial charge < -0.3 is 18.9 Å². The Hall–Kier alpha value is -1.96. The summed E-state index contributed by atoms with van der Waals surface area (Å²) in [5, 5.41) is 0.353. The van der Waals surface area contributed by atoms with Crippen LogP contribution in [-0.2, 0) is 27.4 Å². The summed E-state index contributed by atoms with van der Waals surface area (Å²) >= 11 is 6.09. The van der Waals surface area contributed by atoms with Crippen LogP contribution < -0.4 is 0 Å². The maximum Gasteiger partial charge on any atom is 0.249 e. The molecule has 0 aliphatic heterocycles. The number of methoxy groups -OCH3 is 2. The fraction of sp³-hybridized carbons (Fsp3) is 0.412. The summed E-state index contributed by atoms with van der Waals surface area (Å²) in [6.45, 7) is 1.28. The van der Waals surface area contributed by atoms with Crippen molar-refractivity contribution in [1.29, 1.82) is 0 Å². The highest BCUT2D eigenvalue weighted by molar-refractivity contribution is 6.31. The highest BCUT2D eigenvalue weighted by Crippen LogP contribution is 2.20. The molecule has 1 aromatic carbocycles. The molecule has 0 unspecified atom stereocenters. The zero-order valence-corrected chi connectivity index (χ0v) is 15.0. The minimum absolute atomic E-state index is 0.0242. The van der Waals surface area contributed by atoms with Gasteiger partial charge in [-0.05, 0) is 12.1 Å². The first-order chi connectivity index (χ1) is 12.1. The highest BCUT2D eigenvalue weighted by atomic mass is 35.5. The molecular formula is C17H21ClFN3O3. The molecule has 0 spiro atoms. The number of rotatable bonds is 9. The molecule has 1 aromatic heterocycles. The van der Waals surface area contributed by atoms with E-state index in [0.717, 1.165) is 0 Å². The summed E-state index contributed by atoms with van der Waals surface area (Å²) in [5.74, 6) is 0.0803. The molecule has 1 heterocycles. The number of hydrogen-bond donors (Lipinski definition) is 0. The number of aromatic nitrogens is 2. The van der Waals surface area contributed by atoms with Crippen LogP contribution in [0.1, 0.15) is 11.4 Å². The van der Waals surface area contributed by atoms with E-state index in [2.05, 4.69) is 4.98 Å². The zero-order valence-electron chi connectivity index (χ0n) is 14.2. The average molecular weight is 370 g/mol. The molecule has 2 rings (SSSR count). The number of carbonyl (C=O) groups is 1. The molecule has 0 N–H and O–H groups in total. The van der Waals surface area contributed by atoms with Crippen LogP contribution in [0.5, 0.6) is 0 Å². The Labute approximate surface area is 151 Å². The topological polar surface area (TPSA) is 56.6 Å². The van der Waals surface area contributed by atoms with Gasteiger partial charge in [0.2, 0.25) is 5.91 Å². The number of benzene rings is 1. The highest BCUT2D eigenvalue weighted by Gasteiger charge is 2.17. The third-order valence-electron chi connectivity index (χ3n) is 3.71. The van der Waals surface area contributed by atoms with E-state index in [-0.39, 0.29) is 31.4 Å². The normalized spacial score (nSPS) is 10.9. The van der Waals surface area contributed by atoms with Gasteiger partial charge in [0, 0.05) is 43.7 Å². The molecule has 1 amide bonds. The monoisotopic (exact) mass is 369 g/mol. The van der Waals surface area contributed by atoms with E-state index in [1.54, 1.807) is 41.1 Å². The van der Waals surface area contributed by atoms with Gasteiger partial charge in [0.15, 0.2) is 0 Å². The lowest BCUT2D eigenvalue weighted by Crippen LogP contribution is -2.36. The summed E-state index contributed by atoms with van der Waals surface area (Å²) in [4.78, 5) is 18.1. The molecule has 8 heteroatoms. The van der Waals surface area contributed by atoms with Crippen LogP contribution in [0.3, 0.4) is 0 Å². The van der Waals surface area contributed by atoms with Crippen LogP contribution >= 0.6 is 11.6 Å². The lowest BCUT2D eigenvalue weighted by molar-refractivity contribution is -0.136. The van der Waals surface area contributed by atoms with E-state index >= 15 is 0 Å². The zero-order chi connectivity index (χ0) is 18.2. The molecule has 2 aromatic rings. The summed E-state index contributed by atoms with van der Waals surface area (Å²) in [5.41, 5.74) is 0.384. The fourth-order valence-electron chi connectivity index (χ4n) is 2.37. The van der Waals surface area contributed by atoms with Crippen LogP contribution in [0.15, 0.2) is 30.6 Å². The standard InChI is InChI=1S/C17H21ClFN3O3/c1-24-9-8-22(17(23)12-25-2)11-16-20-6-7-21(16)10-13-14(18)4-3-5-15(13)19/h3-7H,8-12H2,1-2H3. The van der Waals surface area contributed by atoms with Crippen LogP contribution in [0, 0.1) is 5.82 Å². The molecule has 0 aliphatic carbocycles. The molecule has 136 valence electrons. The van der Waals surface area contributed by atoms with E-state index < -0.39 is 0 Å². The molecule has 0 bridgehead atoms. The van der Waals surface area contributed by atoms with E-state index in [1.807, 2.05) is 0 Å². The second-order valence-electron chi connectivity index (χ2n) is 5.41. The maximum absolute atomic E-state index is 14.0. The van der Waals surface area contributed by atoms with Gasteiger partial charge >= 0.3 is 0 Å². The Morgan fingerprint density at radius 1 is 1.36 bits per heavy atom. The van der Waals surface area contributed by atoms with Crippen LogP contribution in [0.4, 0.5) is 4.39 Å². The van der Waals surface area contributed by atoms with Gasteiger partial charge in [-0.2, -0.15) is 0 Å². The first-order valence-electron chi connectivity index (χ1n) is 7.75. The van der Waals surface area contributed by atoms with Crippen molar-refractivity contribution in [3.05, 3.63) is 52.8 Å². The number of nitrogens with zero attached hydrogens (tertiary/aromatic N) is 3. The largest absolute Gasteiger partial charge is 0.383 e. The van der Waals surface area contributed by atoms with Gasteiger partial charge in [0.25, 0.3) is 0 Å². The van der Waals surface area contributed by atoms with Gasteiger partial charge in [-0.25, -0.2) is 9.37 Å². The lowest BCUT2D eigenvalue weighted by Gasteiger charge is -2.22. The minimum atomic E-state index is -0.376. The second kappa shape index (κ2) is 9.50. The molecule has 0 saturated heterocycles. The third-order valence-corrected chi connectivity index (χ3v) is 4.06. The smallest absolute Gasteiger partial charge is 0.249 e. The lowest BCUT2D eigenvalue weighted by atomic mass is 10.2. The molecule has 0 aliphatic rings. The molecule has 0 fully saturated rings. The first kappa shape index (κ1) is 19.4. The molecule has 0 saturated carbocycles. The Bertz CT molecular complexity index is 688. The van der Waals surface area contributed by atoms with Crippen LogP contribution in [0.25, 0.3) is 0 Å². The Kier molecular flexibility index (Phi) is 7.36. The number of amides is 1. The van der Waals surface area contributed by atoms with Crippen molar-refractivity contribution in [2.45, 2.75) is 13.1 Å². The quantitative estimate of drug-likeness (QED) is 0.681. The van der Waals surface area contributed by atoms with Crippen LogP contribution in [-0.4, -0.2) is 54.3 Å². The van der Waals surface area contributed by atoms with Crippen molar-refractivity contribution in [2.75, 3.05) is 34.0 Å².